The molecule has 1 saturated heterocycles. The Morgan fingerprint density at radius 3 is 2.43 bits per heavy atom. The first kappa shape index (κ1) is 15.6. The van der Waals surface area contributed by atoms with Gasteiger partial charge in [-0.05, 0) is 24.6 Å². The summed E-state index contributed by atoms with van der Waals surface area (Å²) in [6.07, 6.45) is 0.448. The average molecular weight is 314 g/mol. The monoisotopic (exact) mass is 314 g/mol. The fourth-order valence-electron chi connectivity index (χ4n) is 2.24. The van der Waals surface area contributed by atoms with Crippen molar-refractivity contribution in [1.29, 1.82) is 0 Å². The van der Waals surface area contributed by atoms with Gasteiger partial charge in [-0.2, -0.15) is 0 Å². The molecule has 0 saturated carbocycles. The smallest absolute Gasteiger partial charge is 0.240 e. The number of imide groups is 1. The predicted octanol–water partition coefficient (Wildman–Crippen LogP) is 1.15. The normalized spacial score (nSPS) is 23.0. The minimum absolute atomic E-state index is 0.00128. The highest BCUT2D eigenvalue weighted by Crippen LogP contribution is 2.39. The number of amides is 2. The van der Waals surface area contributed by atoms with Crippen LogP contribution in [0.15, 0.2) is 23.1 Å². The van der Waals surface area contributed by atoms with E-state index in [1.54, 1.807) is 13.8 Å². The molecule has 2 amide bonds. The van der Waals surface area contributed by atoms with E-state index >= 15 is 0 Å². The number of hydrogen-bond acceptors (Lipinski definition) is 4. The average Bonchev–Trinajstić information content (AvgIpc) is 2.60. The lowest BCUT2D eigenvalue weighted by atomic mass is 9.86. The van der Waals surface area contributed by atoms with Crippen molar-refractivity contribution in [2.45, 2.75) is 31.6 Å². The molecule has 6 nitrogen and oxygen atoms in total. The van der Waals surface area contributed by atoms with Gasteiger partial charge >= 0.3 is 0 Å². The van der Waals surface area contributed by atoms with Gasteiger partial charge in [0, 0.05) is 6.42 Å². The summed E-state index contributed by atoms with van der Waals surface area (Å²) in [4.78, 5) is 24.6. The Labute approximate surface area is 121 Å². The molecule has 1 aromatic rings. The highest BCUT2D eigenvalue weighted by Gasteiger charge is 2.48. The molecule has 21 heavy (non-hydrogen) atoms. The number of nitrogens with two attached hydrogens (primary N) is 1. The van der Waals surface area contributed by atoms with Gasteiger partial charge in [0.05, 0.1) is 16.0 Å². The Kier molecular flexibility index (Phi) is 3.63. The summed E-state index contributed by atoms with van der Waals surface area (Å²) >= 11 is 0. The zero-order valence-corrected chi connectivity index (χ0v) is 12.4. The lowest BCUT2D eigenvalue weighted by Gasteiger charge is -2.20. The number of nitrogens with zero attached hydrogens (tertiary/aromatic N) is 1. The Bertz CT molecular complexity index is 732. The first-order chi connectivity index (χ1) is 9.60. The van der Waals surface area contributed by atoms with Crippen LogP contribution in [0.1, 0.15) is 26.7 Å². The largest absolute Gasteiger partial charge is 0.274 e. The van der Waals surface area contributed by atoms with Gasteiger partial charge in [0.1, 0.15) is 5.82 Å². The van der Waals surface area contributed by atoms with Crippen molar-refractivity contribution < 1.29 is 22.4 Å². The van der Waals surface area contributed by atoms with E-state index in [2.05, 4.69) is 0 Å². The molecule has 0 aliphatic carbocycles. The van der Waals surface area contributed by atoms with Crippen LogP contribution in [-0.4, -0.2) is 20.2 Å². The van der Waals surface area contributed by atoms with Gasteiger partial charge in [-0.25, -0.2) is 22.8 Å². The second-order valence-electron chi connectivity index (χ2n) is 5.28. The summed E-state index contributed by atoms with van der Waals surface area (Å²) < 4.78 is 36.4. The molecule has 2 rings (SSSR count). The summed E-state index contributed by atoms with van der Waals surface area (Å²) in [5.41, 5.74) is -1.11. The number of sulfonamides is 1. The molecule has 1 heterocycles. The van der Waals surface area contributed by atoms with Gasteiger partial charge < -0.3 is 0 Å². The van der Waals surface area contributed by atoms with Crippen molar-refractivity contribution in [2.75, 3.05) is 4.90 Å². The van der Waals surface area contributed by atoms with Crippen LogP contribution in [0.3, 0.4) is 0 Å². The van der Waals surface area contributed by atoms with E-state index in [1.807, 2.05) is 0 Å². The van der Waals surface area contributed by atoms with Crippen LogP contribution in [0.2, 0.25) is 0 Å². The third-order valence-electron chi connectivity index (χ3n) is 3.78. The maximum absolute atomic E-state index is 14.1. The van der Waals surface area contributed by atoms with Crippen molar-refractivity contribution >= 4 is 27.5 Å². The lowest BCUT2D eigenvalue weighted by molar-refractivity contribution is -0.125. The van der Waals surface area contributed by atoms with Crippen molar-refractivity contribution in [2.24, 2.45) is 10.6 Å². The summed E-state index contributed by atoms with van der Waals surface area (Å²) in [6, 6.07) is 2.84. The number of halogens is 1. The molecule has 114 valence electrons. The van der Waals surface area contributed by atoms with E-state index in [4.69, 9.17) is 5.14 Å². The number of carbonyl (C=O) groups excluding carboxylic acids is 2. The van der Waals surface area contributed by atoms with E-state index < -0.39 is 38.0 Å². The molecule has 1 fully saturated rings. The van der Waals surface area contributed by atoms with Crippen molar-refractivity contribution in [3.05, 3.63) is 24.0 Å². The van der Waals surface area contributed by atoms with E-state index in [0.717, 1.165) is 17.0 Å². The first-order valence-corrected chi connectivity index (χ1v) is 7.84. The third-order valence-corrected chi connectivity index (χ3v) is 4.69. The van der Waals surface area contributed by atoms with Gasteiger partial charge in [-0.1, -0.05) is 13.8 Å². The standard InChI is InChI=1S/C13H15FN2O4S/c1-3-13(2)7-11(17)16(12(13)18)10-5-4-8(6-9(10)14)21(15,19)20/h4-6H,3,7H2,1-2H3,(H2,15,19,20). The topological polar surface area (TPSA) is 97.5 Å². The molecule has 2 N–H and O–H groups in total. The molecule has 1 unspecified atom stereocenters. The van der Waals surface area contributed by atoms with E-state index in [1.165, 1.54) is 0 Å². The fourth-order valence-corrected chi connectivity index (χ4v) is 2.76. The second kappa shape index (κ2) is 4.88. The summed E-state index contributed by atoms with van der Waals surface area (Å²) in [6.45, 7) is 3.42. The fraction of sp³-hybridized carbons (Fsp3) is 0.385. The van der Waals surface area contributed by atoms with Gasteiger partial charge in [0.25, 0.3) is 0 Å². The molecule has 1 aliphatic heterocycles. The van der Waals surface area contributed by atoms with Crippen LogP contribution in [-0.2, 0) is 19.6 Å². The van der Waals surface area contributed by atoms with Crippen molar-refractivity contribution in [3.8, 4) is 0 Å². The van der Waals surface area contributed by atoms with Crippen molar-refractivity contribution in [1.82, 2.24) is 0 Å². The summed E-state index contributed by atoms with van der Waals surface area (Å²) in [7, 11) is -4.05. The Morgan fingerprint density at radius 1 is 1.38 bits per heavy atom. The molecule has 0 radical (unpaired) electrons. The van der Waals surface area contributed by atoms with Gasteiger partial charge in [-0.3, -0.25) is 9.59 Å². The highest BCUT2D eigenvalue weighted by atomic mass is 32.2. The van der Waals surface area contributed by atoms with Crippen LogP contribution >= 0.6 is 0 Å². The number of benzene rings is 1. The first-order valence-electron chi connectivity index (χ1n) is 6.30. The SMILES string of the molecule is CCC1(C)CC(=O)N(c2ccc(S(N)(=O)=O)cc2F)C1=O. The molecule has 0 aromatic heterocycles. The number of anilines is 1. The second-order valence-corrected chi connectivity index (χ2v) is 6.84. The molecule has 1 aromatic carbocycles. The summed E-state index contributed by atoms with van der Waals surface area (Å²) in [5.74, 6) is -1.98. The van der Waals surface area contributed by atoms with Crippen LogP contribution in [0.4, 0.5) is 10.1 Å². The van der Waals surface area contributed by atoms with E-state index in [0.29, 0.717) is 12.5 Å². The minimum atomic E-state index is -4.05. The van der Waals surface area contributed by atoms with E-state index in [-0.39, 0.29) is 12.1 Å². The van der Waals surface area contributed by atoms with Crippen LogP contribution in [0.5, 0.6) is 0 Å². The lowest BCUT2D eigenvalue weighted by Crippen LogP contribution is -2.34. The number of rotatable bonds is 3. The zero-order chi connectivity index (χ0) is 16.0. The van der Waals surface area contributed by atoms with Gasteiger partial charge in [0.15, 0.2) is 0 Å². The minimum Gasteiger partial charge on any atom is -0.274 e. The van der Waals surface area contributed by atoms with Crippen LogP contribution < -0.4 is 10.0 Å². The van der Waals surface area contributed by atoms with Crippen LogP contribution in [0, 0.1) is 11.2 Å². The highest BCUT2D eigenvalue weighted by molar-refractivity contribution is 7.89. The number of hydrogen-bond donors (Lipinski definition) is 1. The number of carbonyl (C=O) groups is 2. The van der Waals surface area contributed by atoms with Gasteiger partial charge in [0.2, 0.25) is 21.8 Å². The molecule has 0 bridgehead atoms. The Hall–Kier alpha value is -1.80. The third kappa shape index (κ3) is 2.56. The number of primary sulfonamides is 1. The maximum Gasteiger partial charge on any atom is 0.240 e. The molecular weight excluding hydrogens is 299 g/mol. The van der Waals surface area contributed by atoms with Crippen molar-refractivity contribution in [3.63, 3.8) is 0 Å². The molecular formula is C13H15FN2O4S. The quantitative estimate of drug-likeness (QED) is 0.846. The van der Waals surface area contributed by atoms with Crippen LogP contribution in [0.25, 0.3) is 0 Å². The Balaban J connectivity index is 2.49. The molecule has 8 heteroatoms. The summed E-state index contributed by atoms with van der Waals surface area (Å²) in [5, 5.41) is 4.91. The molecule has 1 aliphatic rings. The van der Waals surface area contributed by atoms with E-state index in [9.17, 15) is 22.4 Å². The van der Waals surface area contributed by atoms with Gasteiger partial charge in [-0.15, -0.1) is 0 Å². The maximum atomic E-state index is 14.1. The Morgan fingerprint density at radius 2 is 2.00 bits per heavy atom. The molecule has 0 spiro atoms. The molecule has 1 atom stereocenters. The predicted molar refractivity (Wildman–Crippen MR) is 73.3 cm³/mol. The zero-order valence-electron chi connectivity index (χ0n) is 11.6.